The summed E-state index contributed by atoms with van der Waals surface area (Å²) in [4.78, 5) is 0. The number of hydrogen-bond acceptors (Lipinski definition) is 1. The molecule has 1 aromatic rings. The van der Waals surface area contributed by atoms with Gasteiger partial charge in [-0.25, -0.2) is 0 Å². The van der Waals surface area contributed by atoms with Crippen LogP contribution in [0.4, 0.5) is 0 Å². The minimum absolute atomic E-state index is 0.446. The predicted molar refractivity (Wildman–Crippen MR) is 82.0 cm³/mol. The van der Waals surface area contributed by atoms with Gasteiger partial charge in [0.25, 0.3) is 0 Å². The average Bonchev–Trinajstić information content (AvgIpc) is 2.91. The summed E-state index contributed by atoms with van der Waals surface area (Å²) in [6.07, 6.45) is 11.2. The third-order valence-corrected chi connectivity index (χ3v) is 6.94. The number of benzene rings is 1. The highest BCUT2D eigenvalue weighted by Gasteiger charge is 2.51. The van der Waals surface area contributed by atoms with E-state index in [0.717, 1.165) is 17.8 Å². The average molecular weight is 270 g/mol. The molecule has 4 rings (SSSR count). The standard InChI is InChI=1S/C19H26O/c1-2-19-10-3-4-18(19)17-7-5-13-12-14(20)6-8-15(13)16(17)9-11-19/h6,8,12,16-18,20H,2-5,7,9-11H2,1H3/t16-,17-,18+,19+/m1/s1. The molecule has 0 saturated heterocycles. The molecule has 1 N–H and O–H groups in total. The molecular weight excluding hydrogens is 244 g/mol. The van der Waals surface area contributed by atoms with Crippen LogP contribution in [0.5, 0.6) is 5.75 Å². The monoisotopic (exact) mass is 270 g/mol. The van der Waals surface area contributed by atoms with Crippen molar-refractivity contribution in [2.75, 3.05) is 0 Å². The van der Waals surface area contributed by atoms with Gasteiger partial charge in [0.1, 0.15) is 5.75 Å². The van der Waals surface area contributed by atoms with Crippen LogP contribution in [-0.4, -0.2) is 5.11 Å². The van der Waals surface area contributed by atoms with Crippen molar-refractivity contribution in [3.8, 4) is 5.75 Å². The molecule has 2 fully saturated rings. The highest BCUT2D eigenvalue weighted by atomic mass is 16.3. The van der Waals surface area contributed by atoms with Gasteiger partial charge in [-0.05, 0) is 85.0 Å². The van der Waals surface area contributed by atoms with E-state index in [4.69, 9.17) is 0 Å². The Kier molecular flexibility index (Phi) is 2.87. The Bertz CT molecular complexity index is 520. The van der Waals surface area contributed by atoms with Crippen molar-refractivity contribution in [3.63, 3.8) is 0 Å². The van der Waals surface area contributed by atoms with Crippen LogP contribution >= 0.6 is 0 Å². The van der Waals surface area contributed by atoms with Crippen molar-refractivity contribution in [2.24, 2.45) is 17.3 Å². The number of phenols is 1. The van der Waals surface area contributed by atoms with Gasteiger partial charge in [-0.1, -0.05) is 25.8 Å². The Morgan fingerprint density at radius 1 is 1.20 bits per heavy atom. The first-order chi connectivity index (χ1) is 9.73. The number of aryl methyl sites for hydroxylation is 1. The highest BCUT2D eigenvalue weighted by Crippen LogP contribution is 2.62. The molecule has 2 saturated carbocycles. The fraction of sp³-hybridized carbons (Fsp3) is 0.684. The first kappa shape index (κ1) is 12.7. The van der Waals surface area contributed by atoms with E-state index in [-0.39, 0.29) is 0 Å². The van der Waals surface area contributed by atoms with Crippen molar-refractivity contribution in [2.45, 2.75) is 64.2 Å². The van der Waals surface area contributed by atoms with Gasteiger partial charge in [0.2, 0.25) is 0 Å². The first-order valence-electron chi connectivity index (χ1n) is 8.55. The van der Waals surface area contributed by atoms with Crippen molar-refractivity contribution < 1.29 is 5.11 Å². The van der Waals surface area contributed by atoms with Gasteiger partial charge in [0, 0.05) is 0 Å². The number of rotatable bonds is 1. The lowest BCUT2D eigenvalue weighted by atomic mass is 9.54. The molecule has 3 aliphatic carbocycles. The van der Waals surface area contributed by atoms with Crippen molar-refractivity contribution in [3.05, 3.63) is 29.3 Å². The summed E-state index contributed by atoms with van der Waals surface area (Å²) in [5, 5.41) is 9.71. The molecule has 1 heteroatoms. The fourth-order valence-electron chi connectivity index (χ4n) is 5.98. The highest BCUT2D eigenvalue weighted by molar-refractivity contribution is 5.40. The molecular formula is C19H26O. The van der Waals surface area contributed by atoms with Crippen LogP contribution in [0, 0.1) is 17.3 Å². The van der Waals surface area contributed by atoms with E-state index in [1.165, 1.54) is 56.9 Å². The van der Waals surface area contributed by atoms with Crippen LogP contribution in [0.1, 0.15) is 68.9 Å². The Labute approximate surface area is 122 Å². The second-order valence-corrected chi connectivity index (χ2v) is 7.45. The van der Waals surface area contributed by atoms with Crippen LogP contribution in [0.15, 0.2) is 18.2 Å². The van der Waals surface area contributed by atoms with Crippen LogP contribution in [0.3, 0.4) is 0 Å². The third kappa shape index (κ3) is 1.68. The molecule has 0 radical (unpaired) electrons. The Hall–Kier alpha value is -0.980. The lowest BCUT2D eigenvalue weighted by Gasteiger charge is -2.50. The second-order valence-electron chi connectivity index (χ2n) is 7.45. The van der Waals surface area contributed by atoms with Crippen LogP contribution in [-0.2, 0) is 6.42 Å². The van der Waals surface area contributed by atoms with Crippen LogP contribution in [0.25, 0.3) is 0 Å². The number of phenolic OH excluding ortho intramolecular Hbond substituents is 1. The Morgan fingerprint density at radius 3 is 2.95 bits per heavy atom. The maximum Gasteiger partial charge on any atom is 0.115 e. The van der Waals surface area contributed by atoms with Gasteiger partial charge < -0.3 is 5.11 Å². The molecule has 0 bridgehead atoms. The molecule has 108 valence electrons. The Morgan fingerprint density at radius 2 is 2.10 bits per heavy atom. The van der Waals surface area contributed by atoms with E-state index < -0.39 is 0 Å². The molecule has 3 aliphatic rings. The first-order valence-corrected chi connectivity index (χ1v) is 8.55. The predicted octanol–water partition coefficient (Wildman–Crippen LogP) is 5.03. The van der Waals surface area contributed by atoms with Crippen LogP contribution < -0.4 is 0 Å². The van der Waals surface area contributed by atoms with E-state index in [2.05, 4.69) is 13.0 Å². The fourth-order valence-corrected chi connectivity index (χ4v) is 5.98. The zero-order chi connectivity index (χ0) is 13.7. The summed E-state index contributed by atoms with van der Waals surface area (Å²) in [5.74, 6) is 3.13. The molecule has 0 amide bonds. The van der Waals surface area contributed by atoms with Crippen molar-refractivity contribution >= 4 is 0 Å². The van der Waals surface area contributed by atoms with Gasteiger partial charge in [-0.2, -0.15) is 0 Å². The van der Waals surface area contributed by atoms with Crippen molar-refractivity contribution in [1.82, 2.24) is 0 Å². The molecule has 0 unspecified atom stereocenters. The third-order valence-electron chi connectivity index (χ3n) is 6.94. The summed E-state index contributed by atoms with van der Waals surface area (Å²) in [6.45, 7) is 2.42. The zero-order valence-corrected chi connectivity index (χ0v) is 12.6. The minimum atomic E-state index is 0.446. The molecule has 0 heterocycles. The van der Waals surface area contributed by atoms with E-state index >= 15 is 0 Å². The van der Waals surface area contributed by atoms with Gasteiger partial charge in [0.05, 0.1) is 0 Å². The van der Waals surface area contributed by atoms with Gasteiger partial charge in [-0.15, -0.1) is 0 Å². The molecule has 0 spiro atoms. The van der Waals surface area contributed by atoms with E-state index in [1.807, 2.05) is 12.1 Å². The summed E-state index contributed by atoms with van der Waals surface area (Å²) in [5.41, 5.74) is 3.68. The van der Waals surface area contributed by atoms with Gasteiger partial charge >= 0.3 is 0 Å². The molecule has 0 aromatic heterocycles. The van der Waals surface area contributed by atoms with E-state index in [1.54, 1.807) is 5.56 Å². The SMILES string of the molecule is CC[C@@]12CCC[C@H]1[C@@H]1CCc3cc(O)ccc3[C@H]1CC2. The van der Waals surface area contributed by atoms with Gasteiger partial charge in [0.15, 0.2) is 0 Å². The quantitative estimate of drug-likeness (QED) is 0.759. The lowest BCUT2D eigenvalue weighted by Crippen LogP contribution is -2.40. The molecule has 0 aliphatic heterocycles. The maximum absolute atomic E-state index is 9.71. The summed E-state index contributed by atoms with van der Waals surface area (Å²) in [7, 11) is 0. The van der Waals surface area contributed by atoms with Gasteiger partial charge in [-0.3, -0.25) is 0 Å². The topological polar surface area (TPSA) is 20.2 Å². The van der Waals surface area contributed by atoms with E-state index in [9.17, 15) is 5.11 Å². The number of hydrogen-bond donors (Lipinski definition) is 1. The second kappa shape index (κ2) is 4.51. The minimum Gasteiger partial charge on any atom is -0.508 e. The lowest BCUT2D eigenvalue weighted by molar-refractivity contribution is 0.0409. The summed E-state index contributed by atoms with van der Waals surface area (Å²) >= 11 is 0. The van der Waals surface area contributed by atoms with E-state index in [0.29, 0.717) is 11.2 Å². The zero-order valence-electron chi connectivity index (χ0n) is 12.6. The largest absolute Gasteiger partial charge is 0.508 e. The molecule has 20 heavy (non-hydrogen) atoms. The molecule has 4 atom stereocenters. The number of fused-ring (bicyclic) bond motifs is 5. The normalized spacial score (nSPS) is 39.0. The maximum atomic E-state index is 9.71. The molecule has 1 nitrogen and oxygen atoms in total. The number of aromatic hydroxyl groups is 1. The van der Waals surface area contributed by atoms with Crippen LogP contribution in [0.2, 0.25) is 0 Å². The smallest absolute Gasteiger partial charge is 0.115 e. The molecule has 1 aromatic carbocycles. The summed E-state index contributed by atoms with van der Waals surface area (Å²) in [6, 6.07) is 6.13. The Balaban J connectivity index is 1.71. The summed E-state index contributed by atoms with van der Waals surface area (Å²) < 4.78 is 0. The van der Waals surface area contributed by atoms with Crippen molar-refractivity contribution in [1.29, 1.82) is 0 Å².